The third kappa shape index (κ3) is 8.39. The van der Waals surface area contributed by atoms with E-state index in [4.69, 9.17) is 9.16 Å². The van der Waals surface area contributed by atoms with E-state index < -0.39 is 22.5 Å². The molecule has 1 atom stereocenters. The Morgan fingerprint density at radius 2 is 1.48 bits per heavy atom. The molecule has 0 aromatic carbocycles. The van der Waals surface area contributed by atoms with Crippen LogP contribution in [0.25, 0.3) is 0 Å². The lowest BCUT2D eigenvalue weighted by Gasteiger charge is -2.41. The number of esters is 1. The maximum absolute atomic E-state index is 11.3. The lowest BCUT2D eigenvalue weighted by molar-refractivity contribution is -0.142. The molecule has 0 aliphatic rings. The summed E-state index contributed by atoms with van der Waals surface area (Å²) < 4.78 is 11.8. The molecule has 0 aromatic heterocycles. The molecule has 0 saturated carbocycles. The van der Waals surface area contributed by atoms with Gasteiger partial charge in [0.25, 0.3) is 0 Å². The molecular formula is C20H38O3Si2. The van der Waals surface area contributed by atoms with Gasteiger partial charge in [-0.05, 0) is 22.7 Å². The topological polar surface area (TPSA) is 35.5 Å². The first-order chi connectivity index (χ1) is 11.3. The second-order valence-electron chi connectivity index (χ2n) is 8.61. The molecule has 0 rings (SSSR count). The second kappa shape index (κ2) is 10.3. The lowest BCUT2D eigenvalue weighted by Crippen LogP contribution is -2.47. The van der Waals surface area contributed by atoms with Gasteiger partial charge in [-0.15, -0.1) is 5.54 Å². The van der Waals surface area contributed by atoms with E-state index in [-0.39, 0.29) is 5.97 Å². The number of carbonyl (C=O) groups is 1. The molecule has 3 nitrogen and oxygen atoms in total. The zero-order valence-electron chi connectivity index (χ0n) is 17.9. The van der Waals surface area contributed by atoms with Crippen molar-refractivity contribution in [2.75, 3.05) is 6.61 Å². The van der Waals surface area contributed by atoms with Crippen molar-refractivity contribution in [3.63, 3.8) is 0 Å². The Morgan fingerprint density at radius 3 is 1.84 bits per heavy atom. The van der Waals surface area contributed by atoms with Crippen LogP contribution in [0.1, 0.15) is 48.5 Å². The molecule has 0 heterocycles. The highest BCUT2D eigenvalue weighted by Crippen LogP contribution is 2.42. The zero-order chi connectivity index (χ0) is 19.8. The minimum absolute atomic E-state index is 0.310. The molecule has 0 N–H and O–H groups in total. The standard InChI is InChI=1S/C20H38O3Si2/c1-16(2)25(17(3)4,18(5)6)22-14-11-12-20(23-19(7)21)13-15-24(8,9)10/h11-12,16-18,20H,14H2,1-10H3/b12-11+/t20-/m1/s1. The molecule has 0 saturated heterocycles. The summed E-state index contributed by atoms with van der Waals surface area (Å²) in [5.74, 6) is 2.79. The van der Waals surface area contributed by atoms with Gasteiger partial charge in [0.05, 0.1) is 6.61 Å². The van der Waals surface area contributed by atoms with E-state index in [0.29, 0.717) is 23.2 Å². The Labute approximate surface area is 157 Å². The van der Waals surface area contributed by atoms with Gasteiger partial charge >= 0.3 is 5.97 Å². The molecule has 0 radical (unpaired) electrons. The minimum atomic E-state index is -1.87. The monoisotopic (exact) mass is 382 g/mol. The van der Waals surface area contributed by atoms with Crippen LogP contribution in [0, 0.1) is 11.5 Å². The average molecular weight is 383 g/mol. The smallest absolute Gasteiger partial charge is 0.304 e. The summed E-state index contributed by atoms with van der Waals surface area (Å²) in [4.78, 5) is 11.3. The first kappa shape index (κ1) is 24.2. The van der Waals surface area contributed by atoms with E-state index in [1.165, 1.54) is 6.92 Å². The fourth-order valence-electron chi connectivity index (χ4n) is 3.45. The van der Waals surface area contributed by atoms with Gasteiger partial charge in [-0.3, -0.25) is 4.79 Å². The third-order valence-electron chi connectivity index (χ3n) is 4.33. The van der Waals surface area contributed by atoms with Gasteiger partial charge in [0, 0.05) is 6.92 Å². The van der Waals surface area contributed by atoms with Crippen LogP contribution in [0.15, 0.2) is 12.2 Å². The Balaban J connectivity index is 5.13. The van der Waals surface area contributed by atoms with Gasteiger partial charge in [-0.2, -0.15) is 0 Å². The quantitative estimate of drug-likeness (QED) is 0.239. The molecular weight excluding hydrogens is 344 g/mol. The highest BCUT2D eigenvalue weighted by Gasteiger charge is 2.44. The maximum Gasteiger partial charge on any atom is 0.304 e. The highest BCUT2D eigenvalue weighted by molar-refractivity contribution is 6.83. The maximum atomic E-state index is 11.3. The third-order valence-corrected chi connectivity index (χ3v) is 11.3. The fraction of sp³-hybridized carbons (Fsp3) is 0.750. The molecule has 144 valence electrons. The van der Waals surface area contributed by atoms with Crippen LogP contribution >= 0.6 is 0 Å². The number of ether oxygens (including phenoxy) is 1. The molecule has 0 unspecified atom stereocenters. The Hall–Kier alpha value is -0.836. The summed E-state index contributed by atoms with van der Waals surface area (Å²) in [6, 6.07) is 0. The Morgan fingerprint density at radius 1 is 1.00 bits per heavy atom. The van der Waals surface area contributed by atoms with Gasteiger partial charge in [0.1, 0.15) is 8.07 Å². The number of carbonyl (C=O) groups excluding carboxylic acids is 1. The highest BCUT2D eigenvalue weighted by atomic mass is 28.4. The van der Waals surface area contributed by atoms with Crippen LogP contribution in [-0.2, 0) is 14.0 Å². The molecule has 0 aliphatic carbocycles. The van der Waals surface area contributed by atoms with E-state index in [0.717, 1.165) is 0 Å². The zero-order valence-corrected chi connectivity index (χ0v) is 19.9. The second-order valence-corrected chi connectivity index (χ2v) is 18.8. The molecule has 0 aliphatic heterocycles. The van der Waals surface area contributed by atoms with Crippen molar-refractivity contribution in [2.45, 2.75) is 90.8 Å². The lowest BCUT2D eigenvalue weighted by atomic mass is 10.3. The Bertz CT molecular complexity index is 483. The van der Waals surface area contributed by atoms with Gasteiger partial charge in [0.2, 0.25) is 8.32 Å². The summed E-state index contributed by atoms with van der Waals surface area (Å²) in [7, 11) is -3.37. The number of hydrogen-bond donors (Lipinski definition) is 0. The molecule has 0 aromatic rings. The van der Waals surface area contributed by atoms with Gasteiger partial charge in [0.15, 0.2) is 6.10 Å². The van der Waals surface area contributed by atoms with Crippen LogP contribution in [0.4, 0.5) is 0 Å². The van der Waals surface area contributed by atoms with Crippen LogP contribution in [-0.4, -0.2) is 35.1 Å². The van der Waals surface area contributed by atoms with Crippen molar-refractivity contribution in [1.82, 2.24) is 0 Å². The normalized spacial score (nSPS) is 14.1. The summed E-state index contributed by atoms with van der Waals surface area (Å²) in [6.07, 6.45) is 3.33. The largest absolute Gasteiger partial charge is 0.445 e. The van der Waals surface area contributed by atoms with Crippen molar-refractivity contribution < 1.29 is 14.0 Å². The first-order valence-electron chi connectivity index (χ1n) is 9.33. The van der Waals surface area contributed by atoms with E-state index in [2.05, 4.69) is 72.6 Å². The SMILES string of the molecule is CC(=O)O[C@@H](C#C[Si](C)(C)C)/C=C/CO[Si](C(C)C)(C(C)C)C(C)C. The van der Waals surface area contributed by atoms with Crippen LogP contribution in [0.3, 0.4) is 0 Å². The number of rotatable bonds is 8. The molecule has 5 heteroatoms. The van der Waals surface area contributed by atoms with Crippen LogP contribution in [0.5, 0.6) is 0 Å². The fourth-order valence-corrected chi connectivity index (χ4v) is 9.42. The van der Waals surface area contributed by atoms with Crippen LogP contribution in [0.2, 0.25) is 36.3 Å². The van der Waals surface area contributed by atoms with Crippen molar-refractivity contribution >= 4 is 22.4 Å². The Kier molecular flexibility index (Phi) is 10.00. The summed E-state index contributed by atoms with van der Waals surface area (Å²) in [6.45, 7) is 22.1. The molecule has 25 heavy (non-hydrogen) atoms. The summed E-state index contributed by atoms with van der Waals surface area (Å²) in [5, 5.41) is 0. The van der Waals surface area contributed by atoms with E-state index in [1.807, 2.05) is 12.2 Å². The summed E-state index contributed by atoms with van der Waals surface area (Å²) in [5.41, 5.74) is 4.93. The van der Waals surface area contributed by atoms with Crippen LogP contribution < -0.4 is 0 Å². The van der Waals surface area contributed by atoms with E-state index >= 15 is 0 Å². The molecule has 0 fully saturated rings. The average Bonchev–Trinajstić information content (AvgIpc) is 2.41. The first-order valence-corrected chi connectivity index (χ1v) is 15.0. The molecule has 0 bridgehead atoms. The van der Waals surface area contributed by atoms with E-state index in [1.54, 1.807) is 0 Å². The minimum Gasteiger partial charge on any atom is -0.445 e. The van der Waals surface area contributed by atoms with Crippen molar-refractivity contribution in [1.29, 1.82) is 0 Å². The van der Waals surface area contributed by atoms with Crippen molar-refractivity contribution in [2.24, 2.45) is 0 Å². The van der Waals surface area contributed by atoms with Crippen molar-refractivity contribution in [3.05, 3.63) is 12.2 Å². The van der Waals surface area contributed by atoms with Gasteiger partial charge in [-0.25, -0.2) is 0 Å². The van der Waals surface area contributed by atoms with Gasteiger partial charge in [-0.1, -0.05) is 73.2 Å². The molecule has 0 spiro atoms. The number of hydrogen-bond acceptors (Lipinski definition) is 3. The van der Waals surface area contributed by atoms with Crippen molar-refractivity contribution in [3.8, 4) is 11.5 Å². The predicted molar refractivity (Wildman–Crippen MR) is 113 cm³/mol. The molecule has 0 amide bonds. The predicted octanol–water partition coefficient (Wildman–Crippen LogP) is 5.55. The van der Waals surface area contributed by atoms with E-state index in [9.17, 15) is 4.79 Å². The van der Waals surface area contributed by atoms with Gasteiger partial charge < -0.3 is 9.16 Å². The summed E-state index contributed by atoms with van der Waals surface area (Å²) >= 11 is 0.